The summed E-state index contributed by atoms with van der Waals surface area (Å²) in [5.74, 6) is 2.01. The Kier molecular flexibility index (Phi) is 13.9. The van der Waals surface area contributed by atoms with E-state index in [9.17, 15) is 0 Å². The summed E-state index contributed by atoms with van der Waals surface area (Å²) in [5, 5.41) is 31.9. The van der Waals surface area contributed by atoms with Gasteiger partial charge >= 0.3 is 5.95 Å². The number of hydrogen-bond acceptors (Lipinski definition) is 9. The lowest BCUT2D eigenvalue weighted by Crippen LogP contribution is -2.04. The number of pyridine rings is 3. The van der Waals surface area contributed by atoms with E-state index in [1.54, 1.807) is 18.6 Å². The molecule has 0 bridgehead atoms. The molecule has 0 N–H and O–H groups in total. The van der Waals surface area contributed by atoms with Gasteiger partial charge in [-0.05, 0) is 161 Å². The SMILES string of the molecule is Cc1nc(-n2c3ccccc3c3c4c5cc6ccccc6cc5n5c6ccccc6c(cc32)c45)nc2ncccc12.[C-]#[N+]c1nc(-n2c3ccccc3c3c4c5cc6ccccc6cc5n5c6ccccc6c(cc32)c45)nc2ncccc12.c1ccc(-c2nc(-n3c4ccccc4c4c5c6cc7ccccc7cc6n6c7ccccc7c(cc43)c56)nc3ncccc23)cc1. The zero-order valence-electron chi connectivity index (χ0n) is 68.7. The molecule has 0 aliphatic rings. The Bertz CT molecular complexity index is 10400. The Morgan fingerprint density at radius 2 is 0.535 bits per heavy atom. The van der Waals surface area contributed by atoms with Crippen LogP contribution in [0.15, 0.2) is 358 Å². The third-order valence-corrected chi connectivity index (χ3v) is 27.2. The molecule has 0 amide bonds. The molecule has 129 heavy (non-hydrogen) atoms. The lowest BCUT2D eigenvalue weighted by atomic mass is 10.0. The van der Waals surface area contributed by atoms with E-state index in [2.05, 4.69) is 339 Å². The highest BCUT2D eigenvalue weighted by atomic mass is 15.2. The molecule has 31 rings (SSSR count). The fraction of sp³-hybridized carbons (Fsp3) is 0.00885. The van der Waals surface area contributed by atoms with Crippen molar-refractivity contribution < 1.29 is 0 Å². The Morgan fingerprint density at radius 1 is 0.225 bits per heavy atom. The van der Waals surface area contributed by atoms with Gasteiger partial charge in [0.1, 0.15) is 0 Å². The molecule has 0 aliphatic heterocycles. The number of nitrogens with zero attached hydrogens (tertiary/aromatic N) is 16. The second kappa shape index (κ2) is 25.8. The molecule has 0 saturated carbocycles. The molecule has 15 heterocycles. The van der Waals surface area contributed by atoms with Crippen LogP contribution >= 0.6 is 0 Å². The molecular formula is C113H62N16. The molecule has 15 aromatic heterocycles. The third-order valence-electron chi connectivity index (χ3n) is 27.2. The highest BCUT2D eigenvalue weighted by Gasteiger charge is 2.31. The van der Waals surface area contributed by atoms with Crippen molar-refractivity contribution in [3.8, 4) is 29.1 Å². The molecule has 0 unspecified atom stereocenters. The molecule has 31 aromatic rings. The molecule has 16 nitrogen and oxygen atoms in total. The minimum Gasteiger partial charge on any atom is -0.360 e. The average molecular weight is 1640 g/mol. The van der Waals surface area contributed by atoms with E-state index in [1.807, 2.05) is 49.4 Å². The van der Waals surface area contributed by atoms with E-state index >= 15 is 0 Å². The van der Waals surface area contributed by atoms with Crippen molar-refractivity contribution in [2.75, 3.05) is 0 Å². The fourth-order valence-electron chi connectivity index (χ4n) is 21.9. The second-order valence-corrected chi connectivity index (χ2v) is 33.8. The van der Waals surface area contributed by atoms with Crippen molar-refractivity contribution in [2.45, 2.75) is 6.92 Å². The second-order valence-electron chi connectivity index (χ2n) is 33.8. The summed E-state index contributed by atoms with van der Waals surface area (Å²) in [6.07, 6.45) is 5.31. The summed E-state index contributed by atoms with van der Waals surface area (Å²) in [5.41, 5.74) is 22.1. The Morgan fingerprint density at radius 3 is 0.938 bits per heavy atom. The fourth-order valence-corrected chi connectivity index (χ4v) is 21.9. The van der Waals surface area contributed by atoms with Crippen LogP contribution in [0.4, 0.5) is 5.82 Å². The highest BCUT2D eigenvalue weighted by molar-refractivity contribution is 6.40. The monoisotopic (exact) mass is 1640 g/mol. The molecular weight excluding hydrogens is 1580 g/mol. The summed E-state index contributed by atoms with van der Waals surface area (Å²) in [6, 6.07) is 121. The van der Waals surface area contributed by atoms with Crippen LogP contribution in [0.25, 0.3) is 279 Å². The molecule has 0 atom stereocenters. The number of fused-ring (bicyclic) bond motifs is 36. The first-order valence-electron chi connectivity index (χ1n) is 43.3. The van der Waals surface area contributed by atoms with Crippen molar-refractivity contribution in [1.29, 1.82) is 0 Å². The quantitative estimate of drug-likeness (QED) is 0.157. The lowest BCUT2D eigenvalue weighted by molar-refractivity contribution is 0.981. The van der Waals surface area contributed by atoms with E-state index in [0.717, 1.165) is 71.6 Å². The Labute approximate surface area is 729 Å². The number of hydrogen-bond donors (Lipinski definition) is 0. The number of aryl methyl sites for hydroxylation is 1. The molecule has 0 saturated heterocycles. The number of benzene rings is 16. The average Bonchev–Trinajstić information content (AvgIpc) is 1.52. The first-order chi connectivity index (χ1) is 63.9. The Balaban J connectivity index is 0.0000000957. The van der Waals surface area contributed by atoms with E-state index in [-0.39, 0.29) is 0 Å². The third kappa shape index (κ3) is 9.49. The maximum atomic E-state index is 7.86. The molecule has 0 aliphatic carbocycles. The van der Waals surface area contributed by atoms with Crippen LogP contribution in [0, 0.1) is 13.5 Å². The Hall–Kier alpha value is -17.9. The number of rotatable bonds is 4. The van der Waals surface area contributed by atoms with Crippen molar-refractivity contribution >= 4 is 251 Å². The molecule has 0 spiro atoms. The lowest BCUT2D eigenvalue weighted by Gasteiger charge is -2.11. The van der Waals surface area contributed by atoms with Gasteiger partial charge < -0.3 is 18.0 Å². The van der Waals surface area contributed by atoms with Crippen LogP contribution in [0.5, 0.6) is 0 Å². The summed E-state index contributed by atoms with van der Waals surface area (Å²) < 4.78 is 13.9. The van der Waals surface area contributed by atoms with Crippen LogP contribution in [-0.2, 0) is 0 Å². The van der Waals surface area contributed by atoms with E-state index < -0.39 is 0 Å². The smallest absolute Gasteiger partial charge is 0.333 e. The van der Waals surface area contributed by atoms with Crippen molar-refractivity contribution in [1.82, 2.24) is 71.8 Å². The van der Waals surface area contributed by atoms with Gasteiger partial charge in [-0.3, -0.25) is 13.7 Å². The van der Waals surface area contributed by atoms with E-state index in [1.165, 1.54) is 168 Å². The van der Waals surface area contributed by atoms with Gasteiger partial charge in [0.05, 0.1) is 94.1 Å². The number of aromatic nitrogens is 15. The first kappa shape index (κ1) is 69.6. The number of para-hydroxylation sites is 6. The maximum Gasteiger partial charge on any atom is 0.333 e. The molecule has 16 aromatic carbocycles. The van der Waals surface area contributed by atoms with Gasteiger partial charge in [0.2, 0.25) is 11.9 Å². The van der Waals surface area contributed by atoms with Crippen LogP contribution in [0.1, 0.15) is 5.69 Å². The van der Waals surface area contributed by atoms with Gasteiger partial charge in [-0.25, -0.2) is 24.9 Å². The first-order valence-corrected chi connectivity index (χ1v) is 43.3. The zero-order chi connectivity index (χ0) is 84.3. The summed E-state index contributed by atoms with van der Waals surface area (Å²) in [4.78, 5) is 47.7. The van der Waals surface area contributed by atoms with Gasteiger partial charge in [-0.15, -0.1) is 0 Å². The van der Waals surface area contributed by atoms with Gasteiger partial charge in [-0.1, -0.05) is 230 Å². The van der Waals surface area contributed by atoms with Crippen molar-refractivity contribution in [3.05, 3.63) is 375 Å². The van der Waals surface area contributed by atoms with Crippen molar-refractivity contribution in [2.24, 2.45) is 0 Å². The molecule has 0 radical (unpaired) electrons. The van der Waals surface area contributed by atoms with Crippen molar-refractivity contribution in [3.63, 3.8) is 0 Å². The molecule has 0 fully saturated rings. The van der Waals surface area contributed by atoms with Gasteiger partial charge in [0.25, 0.3) is 5.82 Å². The van der Waals surface area contributed by atoms with Gasteiger partial charge in [0, 0.05) is 137 Å². The summed E-state index contributed by atoms with van der Waals surface area (Å²) in [7, 11) is 0. The summed E-state index contributed by atoms with van der Waals surface area (Å²) >= 11 is 0. The van der Waals surface area contributed by atoms with Gasteiger partial charge in [-0.2, -0.15) is 15.0 Å². The normalized spacial score (nSPS) is 12.4. The van der Waals surface area contributed by atoms with Crippen LogP contribution < -0.4 is 0 Å². The zero-order valence-corrected chi connectivity index (χ0v) is 68.7. The minimum atomic E-state index is 0.299. The summed E-state index contributed by atoms with van der Waals surface area (Å²) in [6.45, 7) is 9.90. The molecule has 16 heteroatoms. The van der Waals surface area contributed by atoms with Gasteiger partial charge in [0.15, 0.2) is 16.9 Å². The minimum absolute atomic E-state index is 0.299. The predicted molar refractivity (Wildman–Crippen MR) is 528 cm³/mol. The highest BCUT2D eigenvalue weighted by Crippen LogP contribution is 2.52. The van der Waals surface area contributed by atoms with Crippen LogP contribution in [-0.4, -0.2) is 71.8 Å². The largest absolute Gasteiger partial charge is 0.360 e. The van der Waals surface area contributed by atoms with E-state index in [4.69, 9.17) is 41.5 Å². The maximum absolute atomic E-state index is 7.86. The van der Waals surface area contributed by atoms with Crippen LogP contribution in [0.2, 0.25) is 0 Å². The standard InChI is InChI=1S/C41H23N5.C36H18N6.C36H21N5/c1-2-11-24(12-3-1)38-29-17-10-20-42-40(29)44-41(43-38)46-33-19-9-7-16-28(33)36-35(46)23-30-27-15-6-8-18-32(27)45-34-22-26-14-5-4-13-25(26)21-31(34)37(36)39(30)45;1-37-34-24-13-8-16-38-35(24)40-36(39-34)42-28-15-7-5-12-23(28)31-30(42)19-25-22-11-4-6-14-27(22)41-29-18-21-10-3-2-9-20(21)17-26(29)32(31)33(25)41;1-20-23-13-8-16-37-35(23)39-36(38-20)41-29-15-7-5-12-25(29)32-31(41)19-26-24-11-4-6-14-28(24)40-30-18-22-10-3-2-9-21(22)17-27(30)33(32)34(26)40/h1-23H;2-19H;2-19H,1H3. The van der Waals surface area contributed by atoms with Crippen LogP contribution in [0.3, 0.4) is 0 Å². The topological polar surface area (TPSA) is 148 Å². The molecule has 594 valence electrons. The van der Waals surface area contributed by atoms with E-state index in [0.29, 0.717) is 46.0 Å². The predicted octanol–water partition coefficient (Wildman–Crippen LogP) is 27.8.